The fourth-order valence-corrected chi connectivity index (χ4v) is 15.5. The lowest BCUT2D eigenvalue weighted by atomic mass is 9.34. The van der Waals surface area contributed by atoms with E-state index in [1.807, 2.05) is 0 Å². The fourth-order valence-electron chi connectivity index (χ4n) is 15.5. The van der Waals surface area contributed by atoms with E-state index in [0.29, 0.717) is 0 Å². The van der Waals surface area contributed by atoms with Gasteiger partial charge in [0.2, 0.25) is 0 Å². The molecule has 14 aromatic rings. The Morgan fingerprint density at radius 1 is 0.267 bits per heavy atom. The van der Waals surface area contributed by atoms with Gasteiger partial charge in [-0.1, -0.05) is 261 Å². The zero-order valence-electron chi connectivity index (χ0n) is 55.5. The Hall–Kier alpha value is -8.92. The Labute approximate surface area is 532 Å². The molecule has 0 fully saturated rings. The summed E-state index contributed by atoms with van der Waals surface area (Å²) in [6.07, 6.45) is 0. The topological polar surface area (TPSA) is 9.86 Å². The number of nitrogens with zero attached hydrogens (tertiary/aromatic N) is 2. The molecule has 0 atom stereocenters. The predicted octanol–water partition coefficient (Wildman–Crippen LogP) is 21.9. The molecule has 12 aromatic carbocycles. The predicted molar refractivity (Wildman–Crippen MR) is 392 cm³/mol. The Morgan fingerprint density at radius 2 is 0.622 bits per heavy atom. The lowest BCUT2D eigenvalue weighted by molar-refractivity contribution is 0.590. The van der Waals surface area contributed by atoms with Crippen molar-refractivity contribution in [2.75, 3.05) is 0 Å². The molecule has 0 amide bonds. The van der Waals surface area contributed by atoms with Gasteiger partial charge in [0.1, 0.15) is 0 Å². The molecule has 0 saturated carbocycles. The molecule has 16 rings (SSSR count). The van der Waals surface area contributed by atoms with Crippen LogP contribution in [-0.4, -0.2) is 15.8 Å². The third kappa shape index (κ3) is 8.58. The third-order valence-electron chi connectivity index (χ3n) is 20.7. The van der Waals surface area contributed by atoms with Crippen molar-refractivity contribution < 1.29 is 0 Å². The van der Waals surface area contributed by atoms with Crippen molar-refractivity contribution in [1.29, 1.82) is 0 Å². The summed E-state index contributed by atoms with van der Waals surface area (Å²) in [6.45, 7) is 36.9. The van der Waals surface area contributed by atoms with Gasteiger partial charge < -0.3 is 9.13 Å². The van der Waals surface area contributed by atoms with E-state index in [-0.39, 0.29) is 33.8 Å². The Balaban J connectivity index is 1.10. The molecule has 0 aliphatic carbocycles. The molecular formula is C87H81BN2. The molecule has 0 radical (unpaired) electrons. The molecule has 4 heterocycles. The van der Waals surface area contributed by atoms with E-state index in [0.717, 1.165) is 0 Å². The van der Waals surface area contributed by atoms with Crippen molar-refractivity contribution >= 4 is 99.0 Å². The fraction of sp³-hybridized carbons (Fsp3) is 0.241. The molecule has 2 nitrogen and oxygen atoms in total. The number of rotatable bonds is 4. The maximum absolute atomic E-state index is 2.75. The van der Waals surface area contributed by atoms with Crippen LogP contribution in [0.2, 0.25) is 0 Å². The quantitative estimate of drug-likeness (QED) is 0.123. The molecule has 2 aliphatic heterocycles. The standard InChI is InChI=1S/C87H81BN2/c1-50-17-37-64-66-48-63(87(14,15)16)36-38-65(66)70-49-77-79-82(78(70)69(64)41-50)90-76-40-27-56(52-20-30-60(31-21-52)84(5,6)7)43-68(76)72-45-58(54-24-34-62(35-25-54)86(11,12)13)47-74(81(72)90)88(79)73-46-57(53-22-32-61(33-23-53)85(8,9)10)44-71-67-42-55(26-39-75(67)89(77)80(71)73)51-18-28-59(29-19-51)83(2,3)4/h17-49H,1-16H3. The van der Waals surface area contributed by atoms with E-state index in [4.69, 9.17) is 0 Å². The first-order chi connectivity index (χ1) is 42.7. The first-order valence-electron chi connectivity index (χ1n) is 32.8. The number of benzene rings is 12. The second-order valence-corrected chi connectivity index (χ2v) is 31.9. The zero-order valence-corrected chi connectivity index (χ0v) is 55.5. The van der Waals surface area contributed by atoms with Crippen LogP contribution in [0.1, 0.15) is 137 Å². The average Bonchev–Trinajstić information content (AvgIpc) is 1.36. The van der Waals surface area contributed by atoms with Gasteiger partial charge in [0.25, 0.3) is 6.71 Å². The van der Waals surface area contributed by atoms with Crippen molar-refractivity contribution in [2.24, 2.45) is 0 Å². The minimum absolute atomic E-state index is 0.0246. The van der Waals surface area contributed by atoms with Gasteiger partial charge >= 0.3 is 0 Å². The van der Waals surface area contributed by atoms with Crippen molar-refractivity contribution in [3.8, 4) is 55.9 Å². The summed E-state index contributed by atoms with van der Waals surface area (Å²) < 4.78 is 5.45. The molecule has 0 spiro atoms. The molecule has 442 valence electrons. The molecule has 0 N–H and O–H groups in total. The highest BCUT2D eigenvalue weighted by Gasteiger charge is 2.43. The molecule has 2 aliphatic rings. The van der Waals surface area contributed by atoms with E-state index in [9.17, 15) is 0 Å². The Bertz CT molecular complexity index is 5380. The molecular weight excluding hydrogens is 1080 g/mol. The lowest BCUT2D eigenvalue weighted by Gasteiger charge is -2.35. The SMILES string of the molecule is Cc1ccc2c3cc(C(C)(C)C)ccc3c3cc4c5c(c3c2c1)-n1c2ccc(-c3ccc(C(C)(C)C)cc3)cc2c2cc(-c3ccc(C(C)(C)C)cc3)cc(c21)B5c1cc(-c2ccc(C(C)(C)C)cc2)cc2c3cc(-c5ccc(C(C)(C)C)cc5)ccc3n-4c12. The first-order valence-corrected chi connectivity index (χ1v) is 32.8. The zero-order chi connectivity index (χ0) is 62.6. The van der Waals surface area contributed by atoms with Crippen LogP contribution in [0.3, 0.4) is 0 Å². The van der Waals surface area contributed by atoms with Gasteiger partial charge in [-0.05, 0) is 198 Å². The van der Waals surface area contributed by atoms with Crippen molar-refractivity contribution in [3.05, 3.63) is 234 Å². The summed E-state index contributed by atoms with van der Waals surface area (Å²) in [7, 11) is 0. The summed E-state index contributed by atoms with van der Waals surface area (Å²) in [5.41, 5.74) is 29.5. The van der Waals surface area contributed by atoms with Gasteiger partial charge in [-0.3, -0.25) is 0 Å². The van der Waals surface area contributed by atoms with Gasteiger partial charge in [-0.15, -0.1) is 0 Å². The Morgan fingerprint density at radius 3 is 1.06 bits per heavy atom. The van der Waals surface area contributed by atoms with Crippen LogP contribution in [0.15, 0.2) is 200 Å². The first kappa shape index (κ1) is 56.3. The van der Waals surface area contributed by atoms with Crippen LogP contribution in [0.5, 0.6) is 0 Å². The summed E-state index contributed by atoms with van der Waals surface area (Å²) in [5.74, 6) is 0. The minimum Gasteiger partial charge on any atom is -0.310 e. The van der Waals surface area contributed by atoms with E-state index >= 15 is 0 Å². The Kier molecular flexibility index (Phi) is 11.9. The smallest absolute Gasteiger partial charge is 0.252 e. The van der Waals surface area contributed by atoms with Gasteiger partial charge in [-0.2, -0.15) is 0 Å². The van der Waals surface area contributed by atoms with Gasteiger partial charge in [0, 0.05) is 43.7 Å². The second-order valence-electron chi connectivity index (χ2n) is 31.9. The summed E-state index contributed by atoms with van der Waals surface area (Å²) in [6, 6.07) is 79.8. The largest absolute Gasteiger partial charge is 0.310 e. The third-order valence-corrected chi connectivity index (χ3v) is 20.7. The molecule has 0 bridgehead atoms. The van der Waals surface area contributed by atoms with E-state index < -0.39 is 0 Å². The average molecular weight is 1170 g/mol. The highest BCUT2D eigenvalue weighted by molar-refractivity contribution is 7.00. The van der Waals surface area contributed by atoms with E-state index in [1.165, 1.54) is 182 Å². The minimum atomic E-state index is -0.131. The number of aromatic nitrogens is 2. The van der Waals surface area contributed by atoms with Crippen LogP contribution in [-0.2, 0) is 27.1 Å². The van der Waals surface area contributed by atoms with Crippen LogP contribution in [0, 0.1) is 6.92 Å². The van der Waals surface area contributed by atoms with Gasteiger partial charge in [0.15, 0.2) is 0 Å². The summed E-state index contributed by atoms with van der Waals surface area (Å²) in [5, 5.41) is 12.9. The molecule has 0 saturated heterocycles. The number of aryl methyl sites for hydroxylation is 1. The molecule has 90 heavy (non-hydrogen) atoms. The summed E-state index contributed by atoms with van der Waals surface area (Å²) >= 11 is 0. The molecule has 3 heteroatoms. The number of hydrogen-bond acceptors (Lipinski definition) is 0. The van der Waals surface area contributed by atoms with Crippen LogP contribution in [0.4, 0.5) is 0 Å². The number of hydrogen-bond donors (Lipinski definition) is 0. The van der Waals surface area contributed by atoms with Gasteiger partial charge in [-0.25, -0.2) is 0 Å². The molecule has 0 unspecified atom stereocenters. The molecule has 2 aromatic heterocycles. The van der Waals surface area contributed by atoms with Crippen molar-refractivity contribution in [3.63, 3.8) is 0 Å². The highest BCUT2D eigenvalue weighted by Crippen LogP contribution is 2.49. The van der Waals surface area contributed by atoms with E-state index in [1.54, 1.807) is 0 Å². The van der Waals surface area contributed by atoms with Crippen LogP contribution in [0.25, 0.3) is 132 Å². The maximum atomic E-state index is 2.75. The highest BCUT2D eigenvalue weighted by atomic mass is 15.0. The lowest BCUT2D eigenvalue weighted by Crippen LogP contribution is -2.59. The van der Waals surface area contributed by atoms with E-state index in [2.05, 4.69) is 320 Å². The maximum Gasteiger partial charge on any atom is 0.252 e. The monoisotopic (exact) mass is 1160 g/mol. The second kappa shape index (κ2) is 19.1. The number of fused-ring (bicyclic) bond motifs is 17. The van der Waals surface area contributed by atoms with Crippen LogP contribution >= 0.6 is 0 Å². The van der Waals surface area contributed by atoms with Gasteiger partial charge in [0.05, 0.1) is 16.7 Å². The van der Waals surface area contributed by atoms with Crippen molar-refractivity contribution in [1.82, 2.24) is 9.13 Å². The normalized spacial score (nSPS) is 13.5. The van der Waals surface area contributed by atoms with Crippen molar-refractivity contribution in [2.45, 2.75) is 138 Å². The summed E-state index contributed by atoms with van der Waals surface area (Å²) in [4.78, 5) is 0. The van der Waals surface area contributed by atoms with Crippen LogP contribution < -0.4 is 16.4 Å².